The lowest BCUT2D eigenvalue weighted by atomic mass is 9.98. The Morgan fingerprint density at radius 1 is 0.806 bits per heavy atom. The minimum atomic E-state index is -1.73. The molecule has 0 bridgehead atoms. The van der Waals surface area contributed by atoms with Gasteiger partial charge in [-0.15, -0.1) is 0 Å². The van der Waals surface area contributed by atoms with Gasteiger partial charge in [0.05, 0.1) is 39.6 Å². The van der Waals surface area contributed by atoms with Gasteiger partial charge in [-0.3, -0.25) is 0 Å². The van der Waals surface area contributed by atoms with E-state index in [2.05, 4.69) is 0 Å². The first-order valence-electron chi connectivity index (χ1n) is 11.1. The van der Waals surface area contributed by atoms with Gasteiger partial charge in [0, 0.05) is 0 Å². The monoisotopic (exact) mass is 520 g/mol. The Hall–Kier alpha value is -2.27. The van der Waals surface area contributed by atoms with Crippen molar-refractivity contribution in [3.05, 3.63) is 17.7 Å². The first-order valence-corrected chi connectivity index (χ1v) is 11.1. The van der Waals surface area contributed by atoms with E-state index >= 15 is 0 Å². The minimum absolute atomic E-state index is 0.0271. The number of carbonyl (C=O) groups excluding carboxylic acids is 1. The quantitative estimate of drug-likeness (QED) is 0.197. The molecule has 14 heteroatoms. The summed E-state index contributed by atoms with van der Waals surface area (Å²) in [6.07, 6.45) is -14.6. The molecule has 0 saturated carbocycles. The molecule has 2 aliphatic rings. The predicted octanol–water partition coefficient (Wildman–Crippen LogP) is -2.48. The number of aliphatic hydroxyl groups excluding tert-OH is 6. The number of rotatable bonds is 8. The van der Waals surface area contributed by atoms with Crippen molar-refractivity contribution < 1.29 is 68.6 Å². The molecule has 0 radical (unpaired) electrons. The van der Waals surface area contributed by atoms with Gasteiger partial charge in [0.25, 0.3) is 0 Å². The Bertz CT molecular complexity index is 870. The van der Waals surface area contributed by atoms with E-state index in [1.165, 1.54) is 40.4 Å². The summed E-state index contributed by atoms with van der Waals surface area (Å²) >= 11 is 0. The fourth-order valence-electron chi connectivity index (χ4n) is 3.84. The van der Waals surface area contributed by atoms with Crippen molar-refractivity contribution in [2.45, 2.75) is 68.3 Å². The summed E-state index contributed by atoms with van der Waals surface area (Å²) in [7, 11) is 3.81. The molecule has 6 N–H and O–H groups in total. The van der Waals surface area contributed by atoms with Crippen molar-refractivity contribution in [2.24, 2.45) is 0 Å². The standard InChI is InChI=1S/C22H32O14/c1-8-13(23)15(25)17(27)21(34-8)33-7-12-14(24)16(26)18(28)22(35-12)36-19-10(30-2)5-9(20(29)32-4)6-11(19)31-3/h5-6,8,12-18,21-28H,7H2,1-4H3/t8-,12+,13-,14+,15+,16-,17+,18+,21+,22-/m0/s1. The van der Waals surface area contributed by atoms with Crippen LogP contribution < -0.4 is 14.2 Å². The van der Waals surface area contributed by atoms with Crippen LogP contribution in [-0.2, 0) is 18.9 Å². The number of benzene rings is 1. The number of aliphatic hydroxyl groups is 6. The maximum absolute atomic E-state index is 11.9. The SMILES string of the molecule is COC(=O)c1cc(OC)c(O[C@@H]2O[C@H](CO[C@@H]3O[C@@H](C)[C@H](O)[C@@H](O)[C@H]3O)[C@@H](O)[C@H](O)[C@H]2O)c(OC)c1. The third kappa shape index (κ3) is 5.66. The molecule has 0 spiro atoms. The van der Waals surface area contributed by atoms with Gasteiger partial charge in [-0.25, -0.2) is 4.79 Å². The van der Waals surface area contributed by atoms with Crippen LogP contribution in [0.3, 0.4) is 0 Å². The number of esters is 1. The molecule has 2 aliphatic heterocycles. The summed E-state index contributed by atoms with van der Waals surface area (Å²) < 4.78 is 37.4. The van der Waals surface area contributed by atoms with E-state index in [1.807, 2.05) is 0 Å². The smallest absolute Gasteiger partial charge is 0.338 e. The topological polar surface area (TPSA) is 203 Å². The fraction of sp³-hybridized carbons (Fsp3) is 0.682. The van der Waals surface area contributed by atoms with Crippen LogP contribution in [0.1, 0.15) is 17.3 Å². The molecule has 0 unspecified atom stereocenters. The number of hydrogen-bond donors (Lipinski definition) is 6. The first-order chi connectivity index (χ1) is 17.0. The van der Waals surface area contributed by atoms with Gasteiger partial charge in [0.15, 0.2) is 17.8 Å². The third-order valence-corrected chi connectivity index (χ3v) is 6.02. The molecule has 2 fully saturated rings. The maximum Gasteiger partial charge on any atom is 0.338 e. The molecule has 2 heterocycles. The van der Waals surface area contributed by atoms with Gasteiger partial charge in [0.2, 0.25) is 12.0 Å². The van der Waals surface area contributed by atoms with Crippen LogP contribution in [0.25, 0.3) is 0 Å². The van der Waals surface area contributed by atoms with E-state index < -0.39 is 74.0 Å². The average Bonchev–Trinajstić information content (AvgIpc) is 2.88. The van der Waals surface area contributed by atoms with Crippen molar-refractivity contribution in [3.8, 4) is 17.2 Å². The molecular weight excluding hydrogens is 488 g/mol. The zero-order valence-corrected chi connectivity index (χ0v) is 20.1. The van der Waals surface area contributed by atoms with Crippen molar-refractivity contribution in [1.82, 2.24) is 0 Å². The van der Waals surface area contributed by atoms with Crippen LogP contribution in [0, 0.1) is 0 Å². The largest absolute Gasteiger partial charge is 0.493 e. The molecule has 36 heavy (non-hydrogen) atoms. The van der Waals surface area contributed by atoms with E-state index in [9.17, 15) is 35.4 Å². The van der Waals surface area contributed by atoms with E-state index in [-0.39, 0.29) is 22.8 Å². The van der Waals surface area contributed by atoms with Crippen molar-refractivity contribution >= 4 is 5.97 Å². The molecule has 10 atom stereocenters. The average molecular weight is 520 g/mol. The van der Waals surface area contributed by atoms with Crippen LogP contribution in [0.4, 0.5) is 0 Å². The van der Waals surface area contributed by atoms with E-state index in [0.29, 0.717) is 0 Å². The van der Waals surface area contributed by atoms with Crippen molar-refractivity contribution in [3.63, 3.8) is 0 Å². The Balaban J connectivity index is 1.77. The maximum atomic E-state index is 11.9. The van der Waals surface area contributed by atoms with Gasteiger partial charge < -0.3 is 63.8 Å². The molecule has 2 saturated heterocycles. The Labute approximate surface area is 206 Å². The Morgan fingerprint density at radius 2 is 1.36 bits per heavy atom. The highest BCUT2D eigenvalue weighted by Gasteiger charge is 2.47. The fourth-order valence-corrected chi connectivity index (χ4v) is 3.84. The molecule has 1 aromatic carbocycles. The third-order valence-electron chi connectivity index (χ3n) is 6.02. The Kier molecular flexibility index (Phi) is 9.32. The van der Waals surface area contributed by atoms with Gasteiger partial charge in [-0.05, 0) is 19.1 Å². The zero-order chi connectivity index (χ0) is 26.7. The summed E-state index contributed by atoms with van der Waals surface area (Å²) in [5.74, 6) is -0.683. The zero-order valence-electron chi connectivity index (χ0n) is 20.1. The van der Waals surface area contributed by atoms with E-state index in [1.54, 1.807) is 0 Å². The van der Waals surface area contributed by atoms with E-state index in [4.69, 9.17) is 33.2 Å². The predicted molar refractivity (Wildman–Crippen MR) is 117 cm³/mol. The number of carbonyl (C=O) groups is 1. The summed E-state index contributed by atoms with van der Waals surface area (Å²) in [4.78, 5) is 11.9. The van der Waals surface area contributed by atoms with Gasteiger partial charge in [-0.2, -0.15) is 0 Å². The second kappa shape index (κ2) is 11.9. The molecule has 204 valence electrons. The lowest BCUT2D eigenvalue weighted by Crippen LogP contribution is -2.61. The molecule has 14 nitrogen and oxygen atoms in total. The van der Waals surface area contributed by atoms with Crippen LogP contribution in [-0.4, -0.2) is 126 Å². The van der Waals surface area contributed by atoms with Crippen molar-refractivity contribution in [1.29, 1.82) is 0 Å². The van der Waals surface area contributed by atoms with Gasteiger partial charge in [-0.1, -0.05) is 0 Å². The molecule has 1 aromatic rings. The van der Waals surface area contributed by atoms with Gasteiger partial charge >= 0.3 is 5.97 Å². The number of hydrogen-bond acceptors (Lipinski definition) is 14. The summed E-state index contributed by atoms with van der Waals surface area (Å²) in [5, 5.41) is 61.1. The summed E-state index contributed by atoms with van der Waals surface area (Å²) in [6.45, 7) is 1.01. The van der Waals surface area contributed by atoms with Crippen LogP contribution >= 0.6 is 0 Å². The summed E-state index contributed by atoms with van der Waals surface area (Å²) in [6, 6.07) is 2.63. The van der Waals surface area contributed by atoms with Gasteiger partial charge in [0.1, 0.15) is 42.7 Å². The summed E-state index contributed by atoms with van der Waals surface area (Å²) in [5.41, 5.74) is 0.0953. The molecule has 0 aliphatic carbocycles. The second-order valence-electron chi connectivity index (χ2n) is 8.35. The van der Waals surface area contributed by atoms with E-state index in [0.717, 1.165) is 0 Å². The number of methoxy groups -OCH3 is 3. The lowest BCUT2D eigenvalue weighted by molar-refractivity contribution is -0.318. The lowest BCUT2D eigenvalue weighted by Gasteiger charge is -2.42. The highest BCUT2D eigenvalue weighted by atomic mass is 16.7. The molecular formula is C22H32O14. The highest BCUT2D eigenvalue weighted by molar-refractivity contribution is 5.91. The highest BCUT2D eigenvalue weighted by Crippen LogP contribution is 2.40. The first kappa shape index (κ1) is 28.3. The minimum Gasteiger partial charge on any atom is -0.493 e. The van der Waals surface area contributed by atoms with Crippen LogP contribution in [0.15, 0.2) is 12.1 Å². The number of ether oxygens (including phenoxy) is 7. The van der Waals surface area contributed by atoms with Crippen molar-refractivity contribution in [2.75, 3.05) is 27.9 Å². The Morgan fingerprint density at radius 3 is 1.92 bits per heavy atom. The molecule has 3 rings (SSSR count). The molecule has 0 aromatic heterocycles. The normalized spacial score (nSPS) is 36.7. The second-order valence-corrected chi connectivity index (χ2v) is 8.35. The molecule has 0 amide bonds. The van der Waals surface area contributed by atoms with Crippen LogP contribution in [0.2, 0.25) is 0 Å². The van der Waals surface area contributed by atoms with Crippen LogP contribution in [0.5, 0.6) is 17.2 Å².